The molecule has 1 heterocycles. The Morgan fingerprint density at radius 3 is 2.76 bits per heavy atom. The van der Waals surface area contributed by atoms with E-state index in [0.717, 1.165) is 21.3 Å². The Bertz CT molecular complexity index is 785. The molecule has 0 unspecified atom stereocenters. The molecular formula is C16H13BrClFN2. The van der Waals surface area contributed by atoms with Crippen molar-refractivity contribution < 1.29 is 4.39 Å². The van der Waals surface area contributed by atoms with Crippen LogP contribution in [-0.2, 0) is 18.8 Å². The number of fused-ring (bicyclic) bond motifs is 1. The first-order valence-electron chi connectivity index (χ1n) is 6.63. The first-order valence-corrected chi connectivity index (χ1v) is 7.96. The van der Waals surface area contributed by atoms with Crippen molar-refractivity contribution in [2.45, 2.75) is 18.8 Å². The van der Waals surface area contributed by atoms with E-state index >= 15 is 0 Å². The lowest BCUT2D eigenvalue weighted by atomic mass is 10.1. The highest BCUT2D eigenvalue weighted by Crippen LogP contribution is 2.22. The normalized spacial score (nSPS) is 11.2. The topological polar surface area (TPSA) is 17.8 Å². The van der Waals surface area contributed by atoms with Gasteiger partial charge < -0.3 is 4.57 Å². The Morgan fingerprint density at radius 1 is 1.19 bits per heavy atom. The number of rotatable bonds is 4. The molecule has 0 aliphatic rings. The Labute approximate surface area is 135 Å². The first-order chi connectivity index (χ1) is 10.2. The minimum Gasteiger partial charge on any atom is -0.327 e. The van der Waals surface area contributed by atoms with Gasteiger partial charge in [-0.2, -0.15) is 0 Å². The molecule has 2 aromatic carbocycles. The Hall–Kier alpha value is -1.39. The second-order valence-corrected chi connectivity index (χ2v) is 5.97. The van der Waals surface area contributed by atoms with E-state index in [1.54, 1.807) is 6.07 Å². The molecule has 0 aliphatic carbocycles. The maximum Gasteiger partial charge on any atom is 0.126 e. The van der Waals surface area contributed by atoms with Gasteiger partial charge in [0, 0.05) is 11.0 Å². The SMILES string of the molecule is Fc1ccccc1CCn1c(CCl)nc2ccc(Br)cc21. The molecule has 0 atom stereocenters. The maximum absolute atomic E-state index is 13.7. The predicted molar refractivity (Wildman–Crippen MR) is 87.1 cm³/mol. The molecule has 0 saturated heterocycles. The van der Waals surface area contributed by atoms with Gasteiger partial charge in [0.1, 0.15) is 11.6 Å². The van der Waals surface area contributed by atoms with Crippen molar-refractivity contribution in [1.82, 2.24) is 9.55 Å². The second-order valence-electron chi connectivity index (χ2n) is 4.79. The van der Waals surface area contributed by atoms with Crippen LogP contribution in [-0.4, -0.2) is 9.55 Å². The molecule has 21 heavy (non-hydrogen) atoms. The van der Waals surface area contributed by atoms with Crippen LogP contribution < -0.4 is 0 Å². The van der Waals surface area contributed by atoms with Crippen molar-refractivity contribution in [1.29, 1.82) is 0 Å². The van der Waals surface area contributed by atoms with Crippen LogP contribution in [0.1, 0.15) is 11.4 Å². The van der Waals surface area contributed by atoms with E-state index in [4.69, 9.17) is 11.6 Å². The summed E-state index contributed by atoms with van der Waals surface area (Å²) in [4.78, 5) is 4.52. The Kier molecular flexibility index (Phi) is 4.27. The lowest BCUT2D eigenvalue weighted by molar-refractivity contribution is 0.593. The molecule has 0 aliphatic heterocycles. The van der Waals surface area contributed by atoms with E-state index in [0.29, 0.717) is 24.4 Å². The van der Waals surface area contributed by atoms with Gasteiger partial charge in [-0.25, -0.2) is 9.37 Å². The smallest absolute Gasteiger partial charge is 0.126 e. The summed E-state index contributed by atoms with van der Waals surface area (Å²) in [5.41, 5.74) is 2.62. The lowest BCUT2D eigenvalue weighted by Gasteiger charge is -2.08. The van der Waals surface area contributed by atoms with Gasteiger partial charge in [-0.3, -0.25) is 0 Å². The van der Waals surface area contributed by atoms with Crippen LogP contribution in [0.3, 0.4) is 0 Å². The first kappa shape index (κ1) is 14.5. The minimum absolute atomic E-state index is 0.171. The number of imidazole rings is 1. The maximum atomic E-state index is 13.7. The van der Waals surface area contributed by atoms with Gasteiger partial charge >= 0.3 is 0 Å². The highest BCUT2D eigenvalue weighted by atomic mass is 79.9. The molecule has 0 amide bonds. The zero-order valence-corrected chi connectivity index (χ0v) is 13.5. The number of nitrogens with zero attached hydrogens (tertiary/aromatic N) is 2. The number of halogens is 3. The average molecular weight is 368 g/mol. The Balaban J connectivity index is 1.96. The van der Waals surface area contributed by atoms with Crippen molar-refractivity contribution in [3.8, 4) is 0 Å². The molecule has 0 bridgehead atoms. The zero-order valence-electron chi connectivity index (χ0n) is 11.2. The third kappa shape index (κ3) is 2.97. The number of hydrogen-bond acceptors (Lipinski definition) is 1. The molecule has 0 N–H and O–H groups in total. The van der Waals surface area contributed by atoms with Crippen molar-refractivity contribution in [2.75, 3.05) is 0 Å². The number of hydrogen-bond donors (Lipinski definition) is 0. The van der Waals surface area contributed by atoms with Crippen LogP contribution >= 0.6 is 27.5 Å². The summed E-state index contributed by atoms with van der Waals surface area (Å²) < 4.78 is 16.8. The number of alkyl halides is 1. The molecule has 2 nitrogen and oxygen atoms in total. The van der Waals surface area contributed by atoms with Crippen molar-refractivity contribution in [3.63, 3.8) is 0 Å². The molecule has 0 spiro atoms. The second kappa shape index (κ2) is 6.16. The molecule has 0 fully saturated rings. The van der Waals surface area contributed by atoms with E-state index in [1.807, 2.05) is 30.3 Å². The van der Waals surface area contributed by atoms with E-state index in [-0.39, 0.29) is 5.82 Å². The van der Waals surface area contributed by atoms with Gasteiger partial charge in [0.05, 0.1) is 16.9 Å². The van der Waals surface area contributed by atoms with Crippen LogP contribution in [0.5, 0.6) is 0 Å². The molecule has 3 rings (SSSR count). The molecule has 108 valence electrons. The predicted octanol–water partition coefficient (Wildman–Crippen LogP) is 4.92. The van der Waals surface area contributed by atoms with E-state index in [9.17, 15) is 4.39 Å². The van der Waals surface area contributed by atoms with Gasteiger partial charge in [0.15, 0.2) is 0 Å². The third-order valence-corrected chi connectivity index (χ3v) is 4.20. The summed E-state index contributed by atoms with van der Waals surface area (Å²) in [5, 5.41) is 0. The summed E-state index contributed by atoms with van der Waals surface area (Å²) in [6.45, 7) is 0.649. The van der Waals surface area contributed by atoms with E-state index < -0.39 is 0 Å². The number of aromatic nitrogens is 2. The monoisotopic (exact) mass is 366 g/mol. The Morgan fingerprint density at radius 2 is 2.00 bits per heavy atom. The van der Waals surface area contributed by atoms with Gasteiger partial charge in [0.2, 0.25) is 0 Å². The van der Waals surface area contributed by atoms with Crippen molar-refractivity contribution in [2.24, 2.45) is 0 Å². The molecular weight excluding hydrogens is 355 g/mol. The van der Waals surface area contributed by atoms with E-state index in [2.05, 4.69) is 25.5 Å². The van der Waals surface area contributed by atoms with Crippen LogP contribution in [0.2, 0.25) is 0 Å². The minimum atomic E-state index is -0.171. The summed E-state index contributed by atoms with van der Waals surface area (Å²) in [5.74, 6) is 0.973. The average Bonchev–Trinajstić information content (AvgIpc) is 2.83. The highest BCUT2D eigenvalue weighted by Gasteiger charge is 2.11. The highest BCUT2D eigenvalue weighted by molar-refractivity contribution is 9.10. The van der Waals surface area contributed by atoms with Crippen LogP contribution in [0.25, 0.3) is 11.0 Å². The fourth-order valence-corrected chi connectivity index (χ4v) is 2.98. The molecule has 0 saturated carbocycles. The largest absolute Gasteiger partial charge is 0.327 e. The van der Waals surface area contributed by atoms with E-state index in [1.165, 1.54) is 6.07 Å². The quantitative estimate of drug-likeness (QED) is 0.599. The lowest BCUT2D eigenvalue weighted by Crippen LogP contribution is -2.06. The fraction of sp³-hybridized carbons (Fsp3) is 0.188. The van der Waals surface area contributed by atoms with Crippen LogP contribution in [0.4, 0.5) is 4.39 Å². The van der Waals surface area contributed by atoms with Crippen molar-refractivity contribution >= 4 is 38.6 Å². The fourth-order valence-electron chi connectivity index (χ4n) is 2.43. The molecule has 3 aromatic rings. The van der Waals surface area contributed by atoms with Crippen LogP contribution in [0.15, 0.2) is 46.9 Å². The third-order valence-electron chi connectivity index (χ3n) is 3.47. The van der Waals surface area contributed by atoms with Crippen LogP contribution in [0, 0.1) is 5.82 Å². The summed E-state index contributed by atoms with van der Waals surface area (Å²) >= 11 is 9.46. The summed E-state index contributed by atoms with van der Waals surface area (Å²) in [6, 6.07) is 12.8. The van der Waals surface area contributed by atoms with Gasteiger partial charge in [-0.05, 0) is 36.2 Å². The number of aryl methyl sites for hydroxylation is 2. The number of benzene rings is 2. The summed E-state index contributed by atoms with van der Waals surface area (Å²) in [6.07, 6.45) is 0.606. The summed E-state index contributed by atoms with van der Waals surface area (Å²) in [7, 11) is 0. The van der Waals surface area contributed by atoms with Gasteiger partial charge in [0.25, 0.3) is 0 Å². The van der Waals surface area contributed by atoms with Gasteiger partial charge in [-0.15, -0.1) is 11.6 Å². The molecule has 1 aromatic heterocycles. The van der Waals surface area contributed by atoms with Crippen molar-refractivity contribution in [3.05, 3.63) is 64.1 Å². The zero-order chi connectivity index (χ0) is 14.8. The molecule has 0 radical (unpaired) electrons. The van der Waals surface area contributed by atoms with Gasteiger partial charge in [-0.1, -0.05) is 34.1 Å². The molecule has 5 heteroatoms. The standard InChI is InChI=1S/C16H13BrClFN2/c17-12-5-6-14-15(9-12)21(16(10-18)20-14)8-7-11-3-1-2-4-13(11)19/h1-6,9H,7-8,10H2.